The lowest BCUT2D eigenvalue weighted by Gasteiger charge is -2.24. The summed E-state index contributed by atoms with van der Waals surface area (Å²) in [7, 11) is 0. The number of halogens is 3. The van der Waals surface area contributed by atoms with Gasteiger partial charge in [-0.25, -0.2) is 0 Å². The molecule has 3 aromatic rings. The van der Waals surface area contributed by atoms with Crippen LogP contribution >= 0.6 is 39.1 Å². The van der Waals surface area contributed by atoms with Crippen molar-refractivity contribution >= 4 is 50.8 Å². The van der Waals surface area contributed by atoms with Gasteiger partial charge < -0.3 is 5.32 Å². The molecule has 1 aromatic heterocycles. The zero-order valence-corrected chi connectivity index (χ0v) is 15.2. The van der Waals surface area contributed by atoms with Crippen LogP contribution < -0.4 is 5.32 Å². The van der Waals surface area contributed by atoms with Crippen LogP contribution in [0.2, 0.25) is 10.0 Å². The normalized spacial score (nSPS) is 16.3. The van der Waals surface area contributed by atoms with Gasteiger partial charge in [-0.3, -0.25) is 0 Å². The second-order valence-corrected chi connectivity index (χ2v) is 7.03. The van der Waals surface area contributed by atoms with Crippen LogP contribution in [-0.2, 0) is 0 Å². The van der Waals surface area contributed by atoms with Gasteiger partial charge in [0.15, 0.2) is 0 Å². The van der Waals surface area contributed by atoms with E-state index in [-0.39, 0.29) is 6.04 Å². The molecule has 1 aliphatic rings. The summed E-state index contributed by atoms with van der Waals surface area (Å²) in [6.07, 6.45) is 2.04. The second-order valence-electron chi connectivity index (χ2n) is 5.27. The summed E-state index contributed by atoms with van der Waals surface area (Å²) < 4.78 is 2.71. The van der Waals surface area contributed by atoms with E-state index in [1.54, 1.807) is 10.7 Å². The largest absolute Gasteiger partial charge is 0.323 e. The number of benzene rings is 2. The molecule has 120 valence electrons. The Balaban J connectivity index is 1.83. The lowest BCUT2D eigenvalue weighted by molar-refractivity contribution is 0.586. The van der Waals surface area contributed by atoms with E-state index in [2.05, 4.69) is 36.8 Å². The molecule has 0 aliphatic carbocycles. The maximum atomic E-state index is 6.39. The van der Waals surface area contributed by atoms with Crippen LogP contribution in [0.1, 0.15) is 17.2 Å². The Labute approximate surface area is 156 Å². The highest BCUT2D eigenvalue weighted by Crippen LogP contribution is 2.35. The molecular weight excluding hydrogens is 413 g/mol. The van der Waals surface area contributed by atoms with Crippen molar-refractivity contribution in [3.05, 3.63) is 74.2 Å². The first-order chi connectivity index (χ1) is 11.6. The molecule has 0 amide bonds. The molecule has 0 saturated heterocycles. The van der Waals surface area contributed by atoms with Crippen LogP contribution in [-0.4, -0.2) is 20.2 Å². The van der Waals surface area contributed by atoms with Gasteiger partial charge in [0.2, 0.25) is 5.95 Å². The van der Waals surface area contributed by atoms with Crippen LogP contribution in [0.4, 0.5) is 5.95 Å². The highest BCUT2D eigenvalue weighted by molar-refractivity contribution is 9.10. The van der Waals surface area contributed by atoms with Crippen molar-refractivity contribution in [1.29, 1.82) is 0 Å². The molecule has 24 heavy (non-hydrogen) atoms. The van der Waals surface area contributed by atoms with Crippen molar-refractivity contribution in [2.24, 2.45) is 0 Å². The van der Waals surface area contributed by atoms with Crippen molar-refractivity contribution in [3.8, 4) is 0 Å². The number of nitrogens with one attached hydrogen (secondary N) is 1. The first-order valence-electron chi connectivity index (χ1n) is 7.09. The van der Waals surface area contributed by atoms with E-state index in [0.717, 1.165) is 21.3 Å². The van der Waals surface area contributed by atoms with Crippen molar-refractivity contribution in [2.75, 3.05) is 5.32 Å². The van der Waals surface area contributed by atoms with Crippen molar-refractivity contribution in [1.82, 2.24) is 20.2 Å². The standard InChI is InChI=1S/C16H10BrCl2N5/c17-10-3-1-9(2-4-10)14-8-15(24-16(20-14)21-22-23-24)12-6-5-11(18)7-13(12)19/h1-8,15H,(H,20,21,23)/t15-/m0/s1. The predicted molar refractivity (Wildman–Crippen MR) is 98.2 cm³/mol. The van der Waals surface area contributed by atoms with Gasteiger partial charge in [-0.1, -0.05) is 62.4 Å². The molecule has 0 unspecified atom stereocenters. The van der Waals surface area contributed by atoms with Crippen molar-refractivity contribution in [2.45, 2.75) is 6.04 Å². The lowest BCUT2D eigenvalue weighted by atomic mass is 10.0. The Morgan fingerprint density at radius 3 is 2.62 bits per heavy atom. The van der Waals surface area contributed by atoms with Gasteiger partial charge in [0.25, 0.3) is 0 Å². The Bertz CT molecular complexity index is 936. The van der Waals surface area contributed by atoms with Gasteiger partial charge >= 0.3 is 0 Å². The molecule has 0 radical (unpaired) electrons. The molecule has 2 heterocycles. The quantitative estimate of drug-likeness (QED) is 0.644. The highest BCUT2D eigenvalue weighted by atomic mass is 79.9. The lowest BCUT2D eigenvalue weighted by Crippen LogP contribution is -2.20. The summed E-state index contributed by atoms with van der Waals surface area (Å²) in [6, 6.07) is 13.2. The number of fused-ring (bicyclic) bond motifs is 1. The van der Waals surface area contributed by atoms with Gasteiger partial charge in [-0.15, -0.1) is 0 Å². The van der Waals surface area contributed by atoms with Crippen molar-refractivity contribution in [3.63, 3.8) is 0 Å². The molecule has 2 aromatic carbocycles. The summed E-state index contributed by atoms with van der Waals surface area (Å²) in [4.78, 5) is 0. The van der Waals surface area contributed by atoms with E-state index in [4.69, 9.17) is 23.2 Å². The number of tetrazole rings is 1. The fraction of sp³-hybridized carbons (Fsp3) is 0.0625. The Morgan fingerprint density at radius 1 is 1.08 bits per heavy atom. The zero-order chi connectivity index (χ0) is 16.7. The zero-order valence-electron chi connectivity index (χ0n) is 12.1. The average molecular weight is 423 g/mol. The van der Waals surface area contributed by atoms with Crippen LogP contribution in [0.3, 0.4) is 0 Å². The minimum absolute atomic E-state index is 0.223. The molecule has 1 N–H and O–H groups in total. The SMILES string of the molecule is Clc1ccc([C@@H]2C=C(c3ccc(Br)cc3)Nc3nnnn32)c(Cl)c1. The second kappa shape index (κ2) is 6.20. The first-order valence-corrected chi connectivity index (χ1v) is 8.64. The number of nitrogens with zero attached hydrogens (tertiary/aromatic N) is 4. The number of hydrogen-bond donors (Lipinski definition) is 1. The number of rotatable bonds is 2. The third kappa shape index (κ3) is 2.81. The predicted octanol–water partition coefficient (Wildman–Crippen LogP) is 4.80. The fourth-order valence-corrected chi connectivity index (χ4v) is 3.40. The van der Waals surface area contributed by atoms with Crippen LogP contribution in [0, 0.1) is 0 Å². The van der Waals surface area contributed by atoms with Gasteiger partial charge in [-0.05, 0) is 51.9 Å². The number of anilines is 1. The molecule has 4 rings (SSSR count). The van der Waals surface area contributed by atoms with E-state index in [1.165, 1.54) is 0 Å². The van der Waals surface area contributed by atoms with Crippen LogP contribution in [0.5, 0.6) is 0 Å². The summed E-state index contributed by atoms with van der Waals surface area (Å²) in [5.41, 5.74) is 2.83. The topological polar surface area (TPSA) is 55.6 Å². The Morgan fingerprint density at radius 2 is 1.88 bits per heavy atom. The maximum Gasteiger partial charge on any atom is 0.248 e. The average Bonchev–Trinajstić information content (AvgIpc) is 3.03. The van der Waals surface area contributed by atoms with E-state index in [1.807, 2.05) is 42.5 Å². The van der Waals surface area contributed by atoms with E-state index < -0.39 is 0 Å². The minimum atomic E-state index is -0.223. The van der Waals surface area contributed by atoms with Crippen LogP contribution in [0.15, 0.2) is 53.0 Å². The van der Waals surface area contributed by atoms with Crippen molar-refractivity contribution < 1.29 is 0 Å². The van der Waals surface area contributed by atoms with E-state index in [9.17, 15) is 0 Å². The third-order valence-corrected chi connectivity index (χ3v) is 4.85. The number of allylic oxidation sites excluding steroid dienone is 1. The fourth-order valence-electron chi connectivity index (χ4n) is 2.61. The summed E-state index contributed by atoms with van der Waals surface area (Å²) in [6.45, 7) is 0. The van der Waals surface area contributed by atoms with E-state index in [0.29, 0.717) is 16.0 Å². The van der Waals surface area contributed by atoms with Gasteiger partial charge in [-0.2, -0.15) is 4.68 Å². The van der Waals surface area contributed by atoms with E-state index >= 15 is 0 Å². The summed E-state index contributed by atoms with van der Waals surface area (Å²) in [5.74, 6) is 0.562. The monoisotopic (exact) mass is 421 g/mol. The molecule has 1 atom stereocenters. The summed E-state index contributed by atoms with van der Waals surface area (Å²) in [5, 5.41) is 16.3. The molecule has 5 nitrogen and oxygen atoms in total. The molecular formula is C16H10BrCl2N5. The third-order valence-electron chi connectivity index (χ3n) is 3.76. The number of aromatic nitrogens is 4. The molecule has 1 aliphatic heterocycles. The molecule has 0 spiro atoms. The summed E-state index contributed by atoms with van der Waals surface area (Å²) >= 11 is 15.8. The first kappa shape index (κ1) is 15.6. The number of hydrogen-bond acceptors (Lipinski definition) is 4. The van der Waals surface area contributed by atoms with Gasteiger partial charge in [0, 0.05) is 20.2 Å². The van der Waals surface area contributed by atoms with Gasteiger partial charge in [0.1, 0.15) is 6.04 Å². The van der Waals surface area contributed by atoms with Crippen LogP contribution in [0.25, 0.3) is 5.70 Å². The molecule has 0 bridgehead atoms. The molecule has 8 heteroatoms. The smallest absolute Gasteiger partial charge is 0.248 e. The van der Waals surface area contributed by atoms with Gasteiger partial charge in [0.05, 0.1) is 0 Å². The highest BCUT2D eigenvalue weighted by Gasteiger charge is 2.25. The Hall–Kier alpha value is -1.89. The molecule has 0 fully saturated rings. The maximum absolute atomic E-state index is 6.39. The Kier molecular flexibility index (Phi) is 4.04. The molecule has 0 saturated carbocycles. The minimum Gasteiger partial charge on any atom is -0.323 e.